The number of carbonyl (C=O) groups is 1. The van der Waals surface area contributed by atoms with Crippen LogP contribution >= 0.6 is 11.8 Å². The topological polar surface area (TPSA) is 41.1 Å². The lowest BCUT2D eigenvalue weighted by atomic mass is 10.2. The lowest BCUT2D eigenvalue weighted by Crippen LogP contribution is -2.43. The quantitative estimate of drug-likeness (QED) is 0.674. The van der Waals surface area contributed by atoms with Crippen LogP contribution in [0, 0.1) is 5.92 Å². The van der Waals surface area contributed by atoms with Crippen LogP contribution in [-0.2, 0) is 4.79 Å². The summed E-state index contributed by atoms with van der Waals surface area (Å²) in [7, 11) is 0. The van der Waals surface area contributed by atoms with Gasteiger partial charge in [-0.1, -0.05) is 13.8 Å². The molecule has 0 aromatic heterocycles. The highest BCUT2D eigenvalue weighted by Crippen LogP contribution is 2.09. The fourth-order valence-electron chi connectivity index (χ4n) is 0.992. The normalized spacial score (nSPS) is 23.1. The Morgan fingerprint density at radius 2 is 2.50 bits per heavy atom. The van der Waals surface area contributed by atoms with Crippen molar-refractivity contribution in [3.63, 3.8) is 0 Å². The first-order chi connectivity index (χ1) is 5.70. The number of hydrogen-bond acceptors (Lipinski definition) is 3. The molecule has 0 bridgehead atoms. The van der Waals surface area contributed by atoms with E-state index in [9.17, 15) is 4.79 Å². The molecule has 12 heavy (non-hydrogen) atoms. The van der Waals surface area contributed by atoms with E-state index in [0.717, 1.165) is 18.2 Å². The van der Waals surface area contributed by atoms with Crippen molar-refractivity contribution in [1.29, 1.82) is 0 Å². The summed E-state index contributed by atoms with van der Waals surface area (Å²) in [6.45, 7) is 4.97. The smallest absolute Gasteiger partial charge is 0.238 e. The second-order valence-corrected chi connectivity index (χ2v) is 4.44. The molecule has 2 N–H and O–H groups in total. The number of amides is 1. The highest BCUT2D eigenvalue weighted by Gasteiger charge is 2.21. The van der Waals surface area contributed by atoms with Gasteiger partial charge in [0.05, 0.1) is 6.04 Å². The number of rotatable bonds is 3. The first-order valence-corrected chi connectivity index (χ1v) is 5.44. The van der Waals surface area contributed by atoms with E-state index in [1.807, 2.05) is 0 Å². The number of thioether (sulfide) groups is 1. The predicted molar refractivity (Wildman–Crippen MR) is 52.1 cm³/mol. The van der Waals surface area contributed by atoms with E-state index >= 15 is 0 Å². The molecule has 70 valence electrons. The van der Waals surface area contributed by atoms with Crippen LogP contribution in [0.25, 0.3) is 0 Å². The molecule has 1 saturated heterocycles. The summed E-state index contributed by atoms with van der Waals surface area (Å²) in [5, 5.41) is 6.04. The van der Waals surface area contributed by atoms with Crippen molar-refractivity contribution in [2.75, 3.05) is 18.2 Å². The molecule has 0 saturated carbocycles. The Labute approximate surface area is 77.7 Å². The lowest BCUT2D eigenvalue weighted by molar-refractivity contribution is -0.122. The lowest BCUT2D eigenvalue weighted by Gasteiger charge is -2.11. The molecule has 0 unspecified atom stereocenters. The monoisotopic (exact) mass is 188 g/mol. The molecule has 1 rings (SSSR count). The maximum absolute atomic E-state index is 11.4. The van der Waals surface area contributed by atoms with Gasteiger partial charge in [-0.15, -0.1) is 11.8 Å². The molecule has 1 atom stereocenters. The van der Waals surface area contributed by atoms with Crippen molar-refractivity contribution >= 4 is 17.7 Å². The second-order valence-electron chi connectivity index (χ2n) is 3.41. The summed E-state index contributed by atoms with van der Waals surface area (Å²) < 4.78 is 0. The van der Waals surface area contributed by atoms with Crippen LogP contribution in [0.3, 0.4) is 0 Å². The molecule has 0 aromatic carbocycles. The van der Waals surface area contributed by atoms with Gasteiger partial charge in [-0.25, -0.2) is 0 Å². The van der Waals surface area contributed by atoms with Crippen molar-refractivity contribution in [3.8, 4) is 0 Å². The van der Waals surface area contributed by atoms with Crippen molar-refractivity contribution < 1.29 is 4.79 Å². The van der Waals surface area contributed by atoms with Gasteiger partial charge in [-0.3, -0.25) is 10.1 Å². The first kappa shape index (κ1) is 9.86. The molecule has 1 aliphatic heterocycles. The third-order valence-corrected chi connectivity index (χ3v) is 2.66. The van der Waals surface area contributed by atoms with Gasteiger partial charge in [0, 0.05) is 18.2 Å². The minimum atomic E-state index is 0.0359. The highest BCUT2D eigenvalue weighted by molar-refractivity contribution is 7.99. The molecule has 0 spiro atoms. The molecule has 1 fully saturated rings. The fourth-order valence-corrected chi connectivity index (χ4v) is 1.93. The predicted octanol–water partition coefficient (Wildman–Crippen LogP) is 0.421. The minimum absolute atomic E-state index is 0.0359. The Balaban J connectivity index is 2.18. The van der Waals surface area contributed by atoms with Gasteiger partial charge in [-0.05, 0) is 5.92 Å². The Morgan fingerprint density at radius 3 is 3.00 bits per heavy atom. The molecule has 3 nitrogen and oxygen atoms in total. The van der Waals surface area contributed by atoms with Gasteiger partial charge in [0.15, 0.2) is 0 Å². The van der Waals surface area contributed by atoms with E-state index in [1.54, 1.807) is 11.8 Å². The van der Waals surface area contributed by atoms with Gasteiger partial charge in [-0.2, -0.15) is 0 Å². The highest BCUT2D eigenvalue weighted by atomic mass is 32.2. The van der Waals surface area contributed by atoms with E-state index in [1.165, 1.54) is 0 Å². The van der Waals surface area contributed by atoms with Crippen LogP contribution in [0.1, 0.15) is 13.8 Å². The average molecular weight is 188 g/mol. The minimum Gasteiger partial charge on any atom is -0.354 e. The van der Waals surface area contributed by atoms with Crippen molar-refractivity contribution in [3.05, 3.63) is 0 Å². The van der Waals surface area contributed by atoms with Crippen molar-refractivity contribution in [2.45, 2.75) is 19.9 Å². The molecule has 1 aliphatic rings. The van der Waals surface area contributed by atoms with Gasteiger partial charge >= 0.3 is 0 Å². The van der Waals surface area contributed by atoms with E-state index in [4.69, 9.17) is 0 Å². The zero-order chi connectivity index (χ0) is 8.97. The van der Waals surface area contributed by atoms with E-state index in [2.05, 4.69) is 24.5 Å². The van der Waals surface area contributed by atoms with Crippen molar-refractivity contribution in [2.24, 2.45) is 5.92 Å². The summed E-state index contributed by atoms with van der Waals surface area (Å²) in [6.07, 6.45) is 0. The molecule has 0 aliphatic carbocycles. The van der Waals surface area contributed by atoms with Crippen LogP contribution in [0.2, 0.25) is 0 Å². The molecule has 1 amide bonds. The van der Waals surface area contributed by atoms with Crippen LogP contribution < -0.4 is 10.6 Å². The van der Waals surface area contributed by atoms with Crippen LogP contribution in [0.5, 0.6) is 0 Å². The number of carbonyl (C=O) groups excluding carboxylic acids is 1. The van der Waals surface area contributed by atoms with E-state index < -0.39 is 0 Å². The molecule has 4 heteroatoms. The van der Waals surface area contributed by atoms with Gasteiger partial charge in [0.25, 0.3) is 0 Å². The molecule has 0 radical (unpaired) electrons. The molecular formula is C8H16N2OS. The first-order valence-electron chi connectivity index (χ1n) is 4.29. The zero-order valence-corrected chi connectivity index (χ0v) is 8.41. The second kappa shape index (κ2) is 4.72. The fraction of sp³-hybridized carbons (Fsp3) is 0.875. The Kier molecular flexibility index (Phi) is 3.88. The SMILES string of the molecule is CC(C)CNC(=O)[C@H]1CSCN1. The largest absolute Gasteiger partial charge is 0.354 e. The van der Waals surface area contributed by atoms with E-state index in [-0.39, 0.29) is 11.9 Å². The number of hydrogen-bond donors (Lipinski definition) is 2. The maximum atomic E-state index is 11.4. The Hall–Kier alpha value is -0.220. The van der Waals surface area contributed by atoms with Gasteiger partial charge < -0.3 is 5.32 Å². The summed E-state index contributed by atoms with van der Waals surface area (Å²) in [6, 6.07) is 0.0359. The summed E-state index contributed by atoms with van der Waals surface area (Å²) in [4.78, 5) is 11.4. The average Bonchev–Trinajstić information content (AvgIpc) is 2.51. The summed E-state index contributed by atoms with van der Waals surface area (Å²) in [5.41, 5.74) is 0. The third kappa shape index (κ3) is 3.03. The zero-order valence-electron chi connectivity index (χ0n) is 7.59. The maximum Gasteiger partial charge on any atom is 0.238 e. The van der Waals surface area contributed by atoms with Crippen molar-refractivity contribution in [1.82, 2.24) is 10.6 Å². The van der Waals surface area contributed by atoms with Crippen LogP contribution in [0.4, 0.5) is 0 Å². The molecular weight excluding hydrogens is 172 g/mol. The molecule has 1 heterocycles. The standard InChI is InChI=1S/C8H16N2OS/c1-6(2)3-9-8(11)7-4-12-5-10-7/h6-7,10H,3-5H2,1-2H3,(H,9,11)/t7-/m1/s1. The Bertz CT molecular complexity index is 155. The van der Waals surface area contributed by atoms with Gasteiger partial charge in [0.2, 0.25) is 5.91 Å². The van der Waals surface area contributed by atoms with Gasteiger partial charge in [0.1, 0.15) is 0 Å². The summed E-state index contributed by atoms with van der Waals surface area (Å²) in [5.74, 6) is 2.49. The van der Waals surface area contributed by atoms with E-state index in [0.29, 0.717) is 5.92 Å². The molecule has 0 aromatic rings. The van der Waals surface area contributed by atoms with Crippen LogP contribution in [-0.4, -0.2) is 30.1 Å². The number of nitrogens with one attached hydrogen (secondary N) is 2. The Morgan fingerprint density at radius 1 is 1.75 bits per heavy atom. The third-order valence-electron chi connectivity index (χ3n) is 1.72. The summed E-state index contributed by atoms with van der Waals surface area (Å²) >= 11 is 1.77. The van der Waals surface area contributed by atoms with Crippen LogP contribution in [0.15, 0.2) is 0 Å².